The van der Waals surface area contributed by atoms with Crippen LogP contribution in [0.1, 0.15) is 42.5 Å². The van der Waals surface area contributed by atoms with E-state index in [9.17, 15) is 13.2 Å². The van der Waals surface area contributed by atoms with Crippen LogP contribution in [0.4, 0.5) is 0 Å². The first-order valence-corrected chi connectivity index (χ1v) is 9.53. The summed E-state index contributed by atoms with van der Waals surface area (Å²) in [5.41, 5.74) is 0.639. The standard InChI is InChI=1S/C14H20N2O3S2/c1-9-8-13(20-10(9)2)21(18,19)16-11-4-5-12(17)15-14(11)6-3-7-14/h8,11,16H,3-7H2,1-2H3,(H,15,17)/t11-/m1/s1. The molecule has 1 saturated heterocycles. The maximum Gasteiger partial charge on any atom is 0.250 e. The first-order chi connectivity index (χ1) is 9.82. The monoisotopic (exact) mass is 328 g/mol. The van der Waals surface area contributed by atoms with Gasteiger partial charge in [0.1, 0.15) is 4.21 Å². The number of carbonyl (C=O) groups excluding carboxylic acids is 1. The Kier molecular flexibility index (Phi) is 3.62. The summed E-state index contributed by atoms with van der Waals surface area (Å²) in [5, 5.41) is 3.01. The number of piperidine rings is 1. The fourth-order valence-corrected chi connectivity index (χ4v) is 5.98. The van der Waals surface area contributed by atoms with Crippen molar-refractivity contribution < 1.29 is 13.2 Å². The van der Waals surface area contributed by atoms with Crippen molar-refractivity contribution in [3.05, 3.63) is 16.5 Å². The van der Waals surface area contributed by atoms with Crippen molar-refractivity contribution >= 4 is 27.3 Å². The van der Waals surface area contributed by atoms with Crippen LogP contribution in [0.3, 0.4) is 0 Å². The van der Waals surface area contributed by atoms with E-state index >= 15 is 0 Å². The van der Waals surface area contributed by atoms with Crippen LogP contribution in [0.2, 0.25) is 0 Å². The number of hydrogen-bond acceptors (Lipinski definition) is 4. The zero-order valence-electron chi connectivity index (χ0n) is 12.2. The van der Waals surface area contributed by atoms with Crippen LogP contribution in [0.25, 0.3) is 0 Å². The minimum absolute atomic E-state index is 0.0351. The van der Waals surface area contributed by atoms with Crippen LogP contribution < -0.4 is 10.0 Å². The highest BCUT2D eigenvalue weighted by Crippen LogP contribution is 2.39. The van der Waals surface area contributed by atoms with E-state index in [0.29, 0.717) is 17.1 Å². The maximum absolute atomic E-state index is 12.6. The summed E-state index contributed by atoms with van der Waals surface area (Å²) in [4.78, 5) is 12.6. The zero-order valence-corrected chi connectivity index (χ0v) is 13.9. The van der Waals surface area contributed by atoms with Gasteiger partial charge in [-0.1, -0.05) is 0 Å². The lowest BCUT2D eigenvalue weighted by atomic mass is 9.68. The molecule has 21 heavy (non-hydrogen) atoms. The van der Waals surface area contributed by atoms with Crippen molar-refractivity contribution in [3.8, 4) is 0 Å². The van der Waals surface area contributed by atoms with Gasteiger partial charge in [0.05, 0.1) is 5.54 Å². The van der Waals surface area contributed by atoms with Gasteiger partial charge in [0.15, 0.2) is 0 Å². The largest absolute Gasteiger partial charge is 0.349 e. The number of nitrogens with one attached hydrogen (secondary N) is 2. The molecule has 1 aliphatic heterocycles. The Bertz CT molecular complexity index is 655. The molecule has 0 aromatic carbocycles. The molecule has 3 rings (SSSR count). The fourth-order valence-electron chi connectivity index (χ4n) is 3.10. The molecular formula is C14H20N2O3S2. The van der Waals surface area contributed by atoms with Gasteiger partial charge in [-0.2, -0.15) is 0 Å². The molecular weight excluding hydrogens is 308 g/mol. The van der Waals surface area contributed by atoms with Crippen molar-refractivity contribution in [2.75, 3.05) is 0 Å². The number of aryl methyl sites for hydroxylation is 2. The molecule has 2 N–H and O–H groups in total. The van der Waals surface area contributed by atoms with Gasteiger partial charge in [0.25, 0.3) is 0 Å². The topological polar surface area (TPSA) is 75.3 Å². The summed E-state index contributed by atoms with van der Waals surface area (Å²) >= 11 is 1.30. The molecule has 0 unspecified atom stereocenters. The lowest BCUT2D eigenvalue weighted by Gasteiger charge is -2.50. The van der Waals surface area contributed by atoms with Crippen LogP contribution in [-0.2, 0) is 14.8 Å². The van der Waals surface area contributed by atoms with Crippen LogP contribution in [0, 0.1) is 13.8 Å². The fraction of sp³-hybridized carbons (Fsp3) is 0.643. The summed E-state index contributed by atoms with van der Waals surface area (Å²) in [7, 11) is -3.51. The molecule has 1 spiro atoms. The van der Waals surface area contributed by atoms with Gasteiger partial charge in [0, 0.05) is 17.3 Å². The minimum Gasteiger partial charge on any atom is -0.349 e. The van der Waals surface area contributed by atoms with Gasteiger partial charge in [0.2, 0.25) is 15.9 Å². The number of carbonyl (C=O) groups is 1. The summed E-state index contributed by atoms with van der Waals surface area (Å²) < 4.78 is 28.3. The Hall–Kier alpha value is -0.920. The molecule has 1 saturated carbocycles. The molecule has 5 nitrogen and oxygen atoms in total. The maximum atomic E-state index is 12.6. The van der Waals surface area contributed by atoms with Gasteiger partial charge in [-0.05, 0) is 51.2 Å². The molecule has 0 bridgehead atoms. The highest BCUT2D eigenvalue weighted by molar-refractivity contribution is 7.91. The molecule has 1 aromatic rings. The predicted molar refractivity (Wildman–Crippen MR) is 81.9 cm³/mol. The smallest absolute Gasteiger partial charge is 0.250 e. The first-order valence-electron chi connectivity index (χ1n) is 7.23. The van der Waals surface area contributed by atoms with E-state index < -0.39 is 10.0 Å². The third kappa shape index (κ3) is 2.62. The third-order valence-corrected chi connectivity index (χ3v) is 7.76. The SMILES string of the molecule is Cc1cc(S(=O)(=O)N[C@@H]2CCC(=O)NC23CCC3)sc1C. The van der Waals surface area contributed by atoms with Gasteiger partial charge in [-0.3, -0.25) is 4.79 Å². The molecule has 2 heterocycles. The number of amides is 1. The number of rotatable bonds is 3. The van der Waals surface area contributed by atoms with E-state index in [0.717, 1.165) is 29.7 Å². The van der Waals surface area contributed by atoms with Crippen molar-refractivity contribution in [2.24, 2.45) is 0 Å². The molecule has 1 aliphatic carbocycles. The molecule has 0 radical (unpaired) electrons. The number of sulfonamides is 1. The van der Waals surface area contributed by atoms with Crippen molar-refractivity contribution in [2.45, 2.75) is 61.7 Å². The van der Waals surface area contributed by atoms with Crippen LogP contribution in [-0.4, -0.2) is 25.9 Å². The summed E-state index contributed by atoms with van der Waals surface area (Å²) in [6.07, 6.45) is 3.71. The lowest BCUT2D eigenvalue weighted by molar-refractivity contribution is -0.127. The zero-order chi connectivity index (χ0) is 15.3. The Morgan fingerprint density at radius 3 is 2.62 bits per heavy atom. The molecule has 116 valence electrons. The Morgan fingerprint density at radius 2 is 2.10 bits per heavy atom. The molecule has 2 aliphatic rings. The second kappa shape index (κ2) is 5.07. The van der Waals surface area contributed by atoms with Crippen LogP contribution >= 0.6 is 11.3 Å². The normalized spacial score (nSPS) is 24.7. The van der Waals surface area contributed by atoms with Crippen molar-refractivity contribution in [1.29, 1.82) is 0 Å². The summed E-state index contributed by atoms with van der Waals surface area (Å²) in [5.74, 6) is 0.0351. The van der Waals surface area contributed by atoms with Crippen LogP contribution in [0.5, 0.6) is 0 Å². The van der Waals surface area contributed by atoms with Gasteiger partial charge in [-0.25, -0.2) is 13.1 Å². The Morgan fingerprint density at radius 1 is 1.38 bits per heavy atom. The van der Waals surface area contributed by atoms with E-state index in [1.54, 1.807) is 6.07 Å². The number of thiophene rings is 1. The summed E-state index contributed by atoms with van der Waals surface area (Å²) in [6, 6.07) is 1.52. The van der Waals surface area contributed by atoms with Crippen molar-refractivity contribution in [1.82, 2.24) is 10.0 Å². The minimum atomic E-state index is -3.51. The average molecular weight is 328 g/mol. The number of hydrogen-bond donors (Lipinski definition) is 2. The second-order valence-electron chi connectivity index (χ2n) is 6.08. The molecule has 1 amide bonds. The Balaban J connectivity index is 1.83. The van der Waals surface area contributed by atoms with E-state index in [-0.39, 0.29) is 17.5 Å². The van der Waals surface area contributed by atoms with E-state index in [2.05, 4.69) is 10.0 Å². The quantitative estimate of drug-likeness (QED) is 0.889. The van der Waals surface area contributed by atoms with E-state index in [4.69, 9.17) is 0 Å². The lowest BCUT2D eigenvalue weighted by Crippen LogP contribution is -2.68. The Labute approximate surface area is 129 Å². The molecule has 7 heteroatoms. The molecule has 1 aromatic heterocycles. The van der Waals surface area contributed by atoms with Crippen LogP contribution in [0.15, 0.2) is 10.3 Å². The van der Waals surface area contributed by atoms with Crippen molar-refractivity contribution in [3.63, 3.8) is 0 Å². The predicted octanol–water partition coefficient (Wildman–Crippen LogP) is 1.84. The van der Waals surface area contributed by atoms with E-state index in [1.165, 1.54) is 11.3 Å². The summed E-state index contributed by atoms with van der Waals surface area (Å²) in [6.45, 7) is 3.84. The second-order valence-corrected chi connectivity index (χ2v) is 9.27. The van der Waals surface area contributed by atoms with E-state index in [1.807, 2.05) is 13.8 Å². The van der Waals surface area contributed by atoms with Gasteiger partial charge in [-0.15, -0.1) is 11.3 Å². The highest BCUT2D eigenvalue weighted by atomic mass is 32.2. The van der Waals surface area contributed by atoms with Gasteiger partial charge >= 0.3 is 0 Å². The molecule has 2 fully saturated rings. The average Bonchev–Trinajstić information content (AvgIpc) is 2.70. The first kappa shape index (κ1) is 15.0. The highest BCUT2D eigenvalue weighted by Gasteiger charge is 2.49. The third-order valence-electron chi connectivity index (χ3n) is 4.67. The molecule has 1 atom stereocenters. The van der Waals surface area contributed by atoms with Gasteiger partial charge < -0.3 is 5.32 Å².